The Bertz CT molecular complexity index is 1420. The van der Waals surface area contributed by atoms with Gasteiger partial charge in [0.05, 0.1) is 33.2 Å². The molecule has 3 aromatic rings. The van der Waals surface area contributed by atoms with Crippen molar-refractivity contribution in [3.63, 3.8) is 0 Å². The monoisotopic (exact) mass is 615 g/mol. The van der Waals surface area contributed by atoms with Gasteiger partial charge in [-0.25, -0.2) is 23.1 Å². The minimum Gasteiger partial charge on any atom is -0.473 e. The van der Waals surface area contributed by atoms with Gasteiger partial charge in [-0.3, -0.25) is 4.79 Å². The molecule has 0 bridgehead atoms. The molecule has 2 aromatic heterocycles. The maximum absolute atomic E-state index is 11.1. The van der Waals surface area contributed by atoms with Gasteiger partial charge in [0.2, 0.25) is 15.9 Å². The van der Waals surface area contributed by atoms with Crippen molar-refractivity contribution in [3.05, 3.63) is 47.9 Å². The maximum atomic E-state index is 11.1. The fourth-order valence-corrected chi connectivity index (χ4v) is 6.59. The van der Waals surface area contributed by atoms with Crippen molar-refractivity contribution in [1.82, 2.24) is 14.7 Å². The van der Waals surface area contributed by atoms with E-state index in [0.29, 0.717) is 5.88 Å². The van der Waals surface area contributed by atoms with Crippen LogP contribution in [0.1, 0.15) is 84.9 Å². The highest BCUT2D eigenvalue weighted by Gasteiger charge is 2.35. The van der Waals surface area contributed by atoms with E-state index in [-0.39, 0.29) is 35.4 Å². The number of aromatic nitrogens is 2. The summed E-state index contributed by atoms with van der Waals surface area (Å²) in [6, 6.07) is 11.9. The molecule has 0 unspecified atom stereocenters. The number of esters is 1. The van der Waals surface area contributed by atoms with E-state index >= 15 is 0 Å². The molecule has 230 valence electrons. The molecule has 2 aliphatic carbocycles. The van der Waals surface area contributed by atoms with Crippen LogP contribution in [0, 0.1) is 5.92 Å². The summed E-state index contributed by atoms with van der Waals surface area (Å²) in [4.78, 5) is 22.6. The van der Waals surface area contributed by atoms with Crippen LogP contribution in [-0.2, 0) is 19.6 Å². The second kappa shape index (κ2) is 15.6. The van der Waals surface area contributed by atoms with Crippen molar-refractivity contribution in [1.29, 1.82) is 0 Å². The first kappa shape index (κ1) is 33.7. The first-order chi connectivity index (χ1) is 19.9. The average Bonchev–Trinajstić information content (AvgIpc) is 3.48. The van der Waals surface area contributed by atoms with Crippen molar-refractivity contribution < 1.29 is 22.7 Å². The van der Waals surface area contributed by atoms with Gasteiger partial charge in [-0.05, 0) is 90.5 Å². The highest BCUT2D eigenvalue weighted by Crippen LogP contribution is 2.34. The van der Waals surface area contributed by atoms with Gasteiger partial charge in [0.25, 0.3) is 0 Å². The first-order valence-corrected chi connectivity index (χ1v) is 17.1. The van der Waals surface area contributed by atoms with Gasteiger partial charge in [-0.15, -0.1) is 11.3 Å². The number of fused-ring (bicyclic) bond motifs is 1. The van der Waals surface area contributed by atoms with Crippen molar-refractivity contribution in [2.75, 3.05) is 0 Å². The predicted octanol–water partition coefficient (Wildman–Crippen LogP) is 7.39. The standard InChI is InChI=1S/C17H16N2OS.C9H16O2.C6H13NO2S/c1-4-12-9-10-15(21-12)16-17(20-11(2)3)19-14-8-6-5-7-13(14)18-16;1-7(2)9(10)11-8-5-3-4-6-8;1-5(2)7-10(8,9)6-3-4-6/h4-11H,1H2,2-3H3;7-8H,3-6H2,1-2H3;5-7H,3-4H2,1-2H3. The zero-order valence-corrected chi connectivity index (χ0v) is 27.3. The highest BCUT2D eigenvalue weighted by atomic mass is 32.2. The van der Waals surface area contributed by atoms with Crippen LogP contribution >= 0.6 is 11.3 Å². The Kier molecular flexibility index (Phi) is 12.5. The lowest BCUT2D eigenvalue weighted by Gasteiger charge is -2.12. The number of hydrogen-bond donors (Lipinski definition) is 1. The molecule has 10 heteroatoms. The Labute approximate surface area is 255 Å². The fraction of sp³-hybridized carbons (Fsp3) is 0.531. The van der Waals surface area contributed by atoms with E-state index < -0.39 is 10.0 Å². The fourth-order valence-electron chi connectivity index (χ4n) is 4.15. The molecule has 0 saturated heterocycles. The van der Waals surface area contributed by atoms with E-state index in [9.17, 15) is 13.2 Å². The summed E-state index contributed by atoms with van der Waals surface area (Å²) in [5.74, 6) is 0.564. The number of ether oxygens (including phenoxy) is 2. The molecule has 42 heavy (non-hydrogen) atoms. The van der Waals surface area contributed by atoms with E-state index in [0.717, 1.165) is 52.2 Å². The van der Waals surface area contributed by atoms with Crippen LogP contribution < -0.4 is 9.46 Å². The lowest BCUT2D eigenvalue weighted by Crippen LogP contribution is -2.32. The summed E-state index contributed by atoms with van der Waals surface area (Å²) >= 11 is 1.64. The van der Waals surface area contributed by atoms with E-state index in [1.807, 2.05) is 84.0 Å². The van der Waals surface area contributed by atoms with Gasteiger partial charge in [0, 0.05) is 10.9 Å². The number of nitrogens with one attached hydrogen (secondary N) is 1. The molecule has 0 spiro atoms. The van der Waals surface area contributed by atoms with Crippen LogP contribution in [0.15, 0.2) is 43.0 Å². The predicted molar refractivity (Wildman–Crippen MR) is 172 cm³/mol. The van der Waals surface area contributed by atoms with Crippen molar-refractivity contribution in [3.8, 4) is 16.5 Å². The third kappa shape index (κ3) is 10.5. The molecule has 0 radical (unpaired) electrons. The molecule has 8 nitrogen and oxygen atoms in total. The van der Waals surface area contributed by atoms with Crippen molar-refractivity contribution in [2.45, 2.75) is 104 Å². The minimum absolute atomic E-state index is 0.0237. The lowest BCUT2D eigenvalue weighted by molar-refractivity contribution is -0.152. The molecule has 2 saturated carbocycles. The number of carbonyl (C=O) groups is 1. The maximum Gasteiger partial charge on any atom is 0.308 e. The second-order valence-corrected chi connectivity index (χ2v) is 14.6. The van der Waals surface area contributed by atoms with Crippen LogP contribution in [0.3, 0.4) is 0 Å². The Morgan fingerprint density at radius 2 is 1.60 bits per heavy atom. The zero-order valence-electron chi connectivity index (χ0n) is 25.6. The summed E-state index contributed by atoms with van der Waals surface area (Å²) in [7, 11) is -2.94. The van der Waals surface area contributed by atoms with E-state index in [4.69, 9.17) is 14.5 Å². The van der Waals surface area contributed by atoms with Gasteiger partial charge in [-0.2, -0.15) is 0 Å². The lowest BCUT2D eigenvalue weighted by atomic mass is 10.2. The quantitative estimate of drug-likeness (QED) is 0.250. The largest absolute Gasteiger partial charge is 0.473 e. The Balaban J connectivity index is 0.000000194. The zero-order chi connectivity index (χ0) is 30.9. The van der Waals surface area contributed by atoms with Gasteiger partial charge in [-0.1, -0.05) is 38.6 Å². The average molecular weight is 616 g/mol. The molecule has 2 fully saturated rings. The third-order valence-corrected chi connectivity index (χ3v) is 9.60. The Morgan fingerprint density at radius 3 is 2.10 bits per heavy atom. The number of thiophene rings is 1. The highest BCUT2D eigenvalue weighted by molar-refractivity contribution is 7.90. The molecule has 2 aliphatic rings. The summed E-state index contributed by atoms with van der Waals surface area (Å²) < 4.78 is 35.8. The summed E-state index contributed by atoms with van der Waals surface area (Å²) in [5, 5.41) is -0.0881. The van der Waals surface area contributed by atoms with E-state index in [1.54, 1.807) is 11.3 Å². The number of carbonyl (C=O) groups excluding carboxylic acids is 1. The number of nitrogens with zero attached hydrogens (tertiary/aromatic N) is 2. The molecular formula is C32H45N3O5S2. The molecule has 0 amide bonds. The van der Waals surface area contributed by atoms with Crippen LogP contribution in [-0.4, -0.2) is 47.9 Å². The second-order valence-electron chi connectivity index (χ2n) is 11.5. The van der Waals surface area contributed by atoms with Crippen molar-refractivity contribution in [2.24, 2.45) is 5.92 Å². The van der Waals surface area contributed by atoms with Gasteiger partial charge in [0.15, 0.2) is 0 Å². The number of sulfonamides is 1. The SMILES string of the molecule is C=Cc1ccc(-c2nc3ccccc3nc2OC(C)C)s1.CC(C)C(=O)OC1CCCC1.CC(C)NS(=O)(=O)C1CC1. The summed E-state index contributed by atoms with van der Waals surface area (Å²) in [6.07, 6.45) is 8.36. The molecule has 2 heterocycles. The molecule has 0 aliphatic heterocycles. The normalized spacial score (nSPS) is 15.3. The number of para-hydroxylation sites is 2. The summed E-state index contributed by atoms with van der Waals surface area (Å²) in [5.41, 5.74) is 2.51. The number of hydrogen-bond acceptors (Lipinski definition) is 8. The molecule has 5 rings (SSSR count). The van der Waals surface area contributed by atoms with Crippen LogP contribution in [0.25, 0.3) is 27.7 Å². The third-order valence-electron chi connectivity index (χ3n) is 6.37. The van der Waals surface area contributed by atoms with Gasteiger partial charge in [0.1, 0.15) is 11.8 Å². The topological polar surface area (TPSA) is 107 Å². The van der Waals surface area contributed by atoms with E-state index in [1.165, 1.54) is 12.8 Å². The van der Waals surface area contributed by atoms with Crippen LogP contribution in [0.5, 0.6) is 5.88 Å². The smallest absolute Gasteiger partial charge is 0.308 e. The van der Waals surface area contributed by atoms with E-state index in [2.05, 4.69) is 16.3 Å². The number of benzene rings is 1. The molecular weight excluding hydrogens is 571 g/mol. The molecule has 1 aromatic carbocycles. The minimum atomic E-state index is -2.94. The Morgan fingerprint density at radius 1 is 0.976 bits per heavy atom. The first-order valence-electron chi connectivity index (χ1n) is 14.8. The van der Waals surface area contributed by atoms with Crippen LogP contribution in [0.4, 0.5) is 0 Å². The number of rotatable bonds is 9. The summed E-state index contributed by atoms with van der Waals surface area (Å²) in [6.45, 7) is 15.2. The molecule has 0 atom stereocenters. The molecule has 1 N–H and O–H groups in total. The van der Waals surface area contributed by atoms with Gasteiger partial charge < -0.3 is 9.47 Å². The van der Waals surface area contributed by atoms with Crippen molar-refractivity contribution >= 4 is 44.4 Å². The Hall–Kier alpha value is -2.82. The van der Waals surface area contributed by atoms with Crippen LogP contribution in [0.2, 0.25) is 0 Å². The van der Waals surface area contributed by atoms with Gasteiger partial charge >= 0.3 is 5.97 Å².